The second-order valence-electron chi connectivity index (χ2n) is 6.24. The molecule has 2 N–H and O–H groups in total. The Bertz CT molecular complexity index is 704. The van der Waals surface area contributed by atoms with Crippen LogP contribution < -0.4 is 5.73 Å². The highest BCUT2D eigenvalue weighted by Crippen LogP contribution is 2.33. The predicted molar refractivity (Wildman–Crippen MR) is 81.8 cm³/mol. The van der Waals surface area contributed by atoms with Crippen molar-refractivity contribution < 1.29 is 9.21 Å². The van der Waals surface area contributed by atoms with E-state index in [0.29, 0.717) is 25.4 Å². The van der Waals surface area contributed by atoms with Crippen LogP contribution in [0.5, 0.6) is 0 Å². The van der Waals surface area contributed by atoms with E-state index < -0.39 is 5.54 Å². The molecule has 2 aliphatic rings. The van der Waals surface area contributed by atoms with E-state index in [1.807, 2.05) is 35.2 Å². The number of carbonyl (C=O) groups excluding carboxylic acids is 1. The van der Waals surface area contributed by atoms with Crippen LogP contribution in [0.25, 0.3) is 11.5 Å². The van der Waals surface area contributed by atoms with E-state index in [0.717, 1.165) is 36.3 Å². The van der Waals surface area contributed by atoms with Crippen LogP contribution in [0.4, 0.5) is 0 Å². The Morgan fingerprint density at radius 3 is 2.73 bits per heavy atom. The summed E-state index contributed by atoms with van der Waals surface area (Å²) in [5, 5.41) is 0. The summed E-state index contributed by atoms with van der Waals surface area (Å²) < 4.78 is 5.87. The first-order valence-electron chi connectivity index (χ1n) is 7.78. The molecule has 2 aromatic rings. The maximum absolute atomic E-state index is 12.5. The Morgan fingerprint density at radius 2 is 2.05 bits per heavy atom. The summed E-state index contributed by atoms with van der Waals surface area (Å²) in [6.07, 6.45) is 3.34. The lowest BCUT2D eigenvalue weighted by Gasteiger charge is -2.41. The molecule has 114 valence electrons. The molecule has 1 aromatic heterocycles. The highest BCUT2D eigenvalue weighted by Gasteiger charge is 2.43. The summed E-state index contributed by atoms with van der Waals surface area (Å²) in [5.41, 5.74) is 7.35. The van der Waals surface area contributed by atoms with Crippen LogP contribution in [0.1, 0.15) is 30.7 Å². The van der Waals surface area contributed by atoms with Crippen molar-refractivity contribution in [3.8, 4) is 11.5 Å². The number of amides is 1. The maximum Gasteiger partial charge on any atom is 0.243 e. The molecule has 5 heteroatoms. The second kappa shape index (κ2) is 4.95. The minimum atomic E-state index is -0.635. The molecule has 0 unspecified atom stereocenters. The van der Waals surface area contributed by atoms with E-state index in [4.69, 9.17) is 10.2 Å². The van der Waals surface area contributed by atoms with Gasteiger partial charge in [-0.05, 0) is 31.4 Å². The number of benzene rings is 1. The van der Waals surface area contributed by atoms with Gasteiger partial charge in [0.05, 0.1) is 12.1 Å². The fraction of sp³-hybridized carbons (Fsp3) is 0.412. The van der Waals surface area contributed by atoms with Gasteiger partial charge in [-0.15, -0.1) is 0 Å². The van der Waals surface area contributed by atoms with Crippen LogP contribution >= 0.6 is 0 Å². The zero-order valence-electron chi connectivity index (χ0n) is 12.4. The smallest absolute Gasteiger partial charge is 0.243 e. The van der Waals surface area contributed by atoms with Gasteiger partial charge in [-0.1, -0.05) is 18.2 Å². The van der Waals surface area contributed by atoms with Crippen LogP contribution in [0.15, 0.2) is 34.7 Å². The largest absolute Gasteiger partial charge is 0.441 e. The first-order valence-corrected chi connectivity index (χ1v) is 7.78. The van der Waals surface area contributed by atoms with Crippen LogP contribution in [-0.4, -0.2) is 27.9 Å². The van der Waals surface area contributed by atoms with Crippen molar-refractivity contribution >= 4 is 5.91 Å². The first kappa shape index (κ1) is 13.5. The Balaban J connectivity index is 1.56. The lowest BCUT2D eigenvalue weighted by atomic mass is 9.76. The van der Waals surface area contributed by atoms with Crippen molar-refractivity contribution in [1.29, 1.82) is 0 Å². The molecule has 1 amide bonds. The minimum Gasteiger partial charge on any atom is -0.441 e. The number of fused-ring (bicyclic) bond motifs is 1. The van der Waals surface area contributed by atoms with Crippen LogP contribution in [0.3, 0.4) is 0 Å². The molecule has 5 nitrogen and oxygen atoms in total. The van der Waals surface area contributed by atoms with Crippen molar-refractivity contribution in [3.05, 3.63) is 41.8 Å². The summed E-state index contributed by atoms with van der Waals surface area (Å²) in [7, 11) is 0. The lowest BCUT2D eigenvalue weighted by molar-refractivity contribution is -0.141. The van der Waals surface area contributed by atoms with Gasteiger partial charge in [0.25, 0.3) is 0 Å². The summed E-state index contributed by atoms with van der Waals surface area (Å²) in [6, 6.07) is 9.84. The number of rotatable bonds is 2. The standard InChI is InChI=1S/C17H19N3O2/c18-17(8-4-9-17)16(21)20-10-7-14-13(11-20)19-15(22-14)12-5-2-1-3-6-12/h1-3,5-6H,4,7-11,18H2. The highest BCUT2D eigenvalue weighted by atomic mass is 16.4. The summed E-state index contributed by atoms with van der Waals surface area (Å²) >= 11 is 0. The van der Waals surface area contributed by atoms with E-state index >= 15 is 0 Å². The Hall–Kier alpha value is -2.14. The Kier molecular flexibility index (Phi) is 3.04. The third-order valence-electron chi connectivity index (χ3n) is 4.71. The van der Waals surface area contributed by atoms with Gasteiger partial charge in [0, 0.05) is 18.5 Å². The van der Waals surface area contributed by atoms with Crippen molar-refractivity contribution in [2.24, 2.45) is 5.73 Å². The highest BCUT2D eigenvalue weighted by molar-refractivity contribution is 5.87. The van der Waals surface area contributed by atoms with Gasteiger partial charge in [0.15, 0.2) is 0 Å². The second-order valence-corrected chi connectivity index (χ2v) is 6.24. The monoisotopic (exact) mass is 297 g/mol. The van der Waals surface area contributed by atoms with Crippen LogP contribution in [0.2, 0.25) is 0 Å². The molecule has 0 spiro atoms. The van der Waals surface area contributed by atoms with E-state index in [1.165, 1.54) is 0 Å². The molecular weight excluding hydrogens is 278 g/mol. The summed E-state index contributed by atoms with van der Waals surface area (Å²) in [6.45, 7) is 1.16. The number of carbonyl (C=O) groups is 1. The van der Waals surface area contributed by atoms with Crippen molar-refractivity contribution in [2.45, 2.75) is 37.8 Å². The Morgan fingerprint density at radius 1 is 1.27 bits per heavy atom. The molecule has 4 rings (SSSR count). The van der Waals surface area contributed by atoms with E-state index in [-0.39, 0.29) is 5.91 Å². The number of oxazole rings is 1. The molecule has 1 aliphatic heterocycles. The lowest BCUT2D eigenvalue weighted by Crippen LogP contribution is -2.60. The summed E-state index contributed by atoms with van der Waals surface area (Å²) in [5.74, 6) is 1.59. The zero-order valence-corrected chi connectivity index (χ0v) is 12.4. The third-order valence-corrected chi connectivity index (χ3v) is 4.71. The van der Waals surface area contributed by atoms with Crippen LogP contribution in [0, 0.1) is 0 Å². The van der Waals surface area contributed by atoms with Crippen molar-refractivity contribution in [3.63, 3.8) is 0 Å². The maximum atomic E-state index is 12.5. The molecule has 0 radical (unpaired) electrons. The van der Waals surface area contributed by atoms with E-state index in [2.05, 4.69) is 4.98 Å². The number of hydrogen-bond donors (Lipinski definition) is 1. The number of aromatic nitrogens is 1. The van der Waals surface area contributed by atoms with Gasteiger partial charge < -0.3 is 15.1 Å². The molecule has 1 aliphatic carbocycles. The normalized spacial score (nSPS) is 19.4. The number of nitrogens with zero attached hydrogens (tertiary/aromatic N) is 2. The van der Waals surface area contributed by atoms with Gasteiger partial charge in [0.2, 0.25) is 11.8 Å². The molecule has 2 heterocycles. The van der Waals surface area contributed by atoms with E-state index in [1.54, 1.807) is 0 Å². The first-order chi connectivity index (χ1) is 10.7. The van der Waals surface area contributed by atoms with E-state index in [9.17, 15) is 4.79 Å². The SMILES string of the molecule is NC1(C(=O)N2CCc3oc(-c4ccccc4)nc3C2)CCC1. The third kappa shape index (κ3) is 2.13. The van der Waals surface area contributed by atoms with Crippen molar-refractivity contribution in [2.75, 3.05) is 6.54 Å². The topological polar surface area (TPSA) is 72.4 Å². The van der Waals surface area contributed by atoms with Gasteiger partial charge in [-0.3, -0.25) is 4.79 Å². The minimum absolute atomic E-state index is 0.0636. The number of hydrogen-bond acceptors (Lipinski definition) is 4. The zero-order chi connectivity index (χ0) is 15.2. The average Bonchev–Trinajstić information content (AvgIpc) is 2.96. The van der Waals surface area contributed by atoms with Gasteiger partial charge in [-0.2, -0.15) is 0 Å². The van der Waals surface area contributed by atoms with Gasteiger partial charge in [0.1, 0.15) is 11.5 Å². The Labute approximate surface area is 129 Å². The number of nitrogens with two attached hydrogens (primary N) is 1. The molecule has 0 saturated heterocycles. The molecule has 22 heavy (non-hydrogen) atoms. The van der Waals surface area contributed by atoms with Crippen LogP contribution in [-0.2, 0) is 17.8 Å². The fourth-order valence-electron chi connectivity index (χ4n) is 3.16. The quantitative estimate of drug-likeness (QED) is 0.921. The molecular formula is C17H19N3O2. The summed E-state index contributed by atoms with van der Waals surface area (Å²) in [4.78, 5) is 18.9. The van der Waals surface area contributed by atoms with Gasteiger partial charge >= 0.3 is 0 Å². The van der Waals surface area contributed by atoms with Gasteiger partial charge in [-0.25, -0.2) is 4.98 Å². The predicted octanol–water partition coefficient (Wildman–Crippen LogP) is 2.11. The molecule has 0 atom stereocenters. The molecule has 0 bridgehead atoms. The molecule has 1 saturated carbocycles. The van der Waals surface area contributed by atoms with Crippen molar-refractivity contribution in [1.82, 2.24) is 9.88 Å². The fourth-order valence-corrected chi connectivity index (χ4v) is 3.16. The average molecular weight is 297 g/mol. The molecule has 1 fully saturated rings. The molecule has 1 aromatic carbocycles.